The minimum absolute atomic E-state index is 0.201. The molecule has 0 unspecified atom stereocenters. The van der Waals surface area contributed by atoms with E-state index in [1.165, 1.54) is 10.9 Å². The number of carbonyl (C=O) groups is 2. The molecule has 4 aromatic rings. The Kier molecular flexibility index (Phi) is 6.63. The van der Waals surface area contributed by atoms with Crippen LogP contribution in [0.3, 0.4) is 0 Å². The topological polar surface area (TPSA) is 73.3 Å². The number of para-hydroxylation sites is 1. The van der Waals surface area contributed by atoms with Crippen molar-refractivity contribution < 1.29 is 19.1 Å². The van der Waals surface area contributed by atoms with Crippen molar-refractivity contribution in [2.24, 2.45) is 0 Å². The van der Waals surface area contributed by atoms with Gasteiger partial charge in [0, 0.05) is 46.2 Å². The van der Waals surface area contributed by atoms with Crippen molar-refractivity contribution in [3.8, 4) is 11.4 Å². The van der Waals surface area contributed by atoms with Crippen LogP contribution in [0, 0.1) is 13.8 Å². The summed E-state index contributed by atoms with van der Waals surface area (Å²) >= 11 is 0. The van der Waals surface area contributed by atoms with Crippen LogP contribution in [0.25, 0.3) is 16.6 Å². The number of H-pyrrole nitrogens is 1. The second-order valence-electron chi connectivity index (χ2n) is 8.12. The zero-order chi connectivity index (χ0) is 23.4. The van der Waals surface area contributed by atoms with Gasteiger partial charge in [0.25, 0.3) is 0 Å². The second kappa shape index (κ2) is 9.77. The van der Waals surface area contributed by atoms with Gasteiger partial charge in [-0.2, -0.15) is 0 Å². The number of nitrogens with one attached hydrogen (secondary N) is 1. The normalized spacial score (nSPS) is 11.0. The zero-order valence-electron chi connectivity index (χ0n) is 19.2. The van der Waals surface area contributed by atoms with Crippen molar-refractivity contribution in [2.45, 2.75) is 33.1 Å². The highest BCUT2D eigenvalue weighted by Crippen LogP contribution is 2.23. The molecule has 0 saturated carbocycles. The lowest BCUT2D eigenvalue weighted by Crippen LogP contribution is -2.15. The number of ether oxygens (including phenoxy) is 2. The van der Waals surface area contributed by atoms with Crippen LogP contribution in [-0.4, -0.2) is 35.0 Å². The number of nitrogens with zero attached hydrogens (tertiary/aromatic N) is 1. The summed E-state index contributed by atoms with van der Waals surface area (Å²) in [6.45, 7) is 3.59. The van der Waals surface area contributed by atoms with Crippen LogP contribution in [0.2, 0.25) is 0 Å². The van der Waals surface area contributed by atoms with Crippen LogP contribution in [0.15, 0.2) is 60.8 Å². The number of fused-ring (bicyclic) bond motifs is 1. The minimum Gasteiger partial charge on any atom is -0.497 e. The Hall–Kier alpha value is -3.80. The Labute approximate surface area is 193 Å². The van der Waals surface area contributed by atoms with Gasteiger partial charge in [-0.05, 0) is 68.7 Å². The average Bonchev–Trinajstić information content (AvgIpc) is 3.37. The molecule has 0 amide bonds. The number of aryl methyl sites for hydroxylation is 2. The van der Waals surface area contributed by atoms with Crippen LogP contribution < -0.4 is 4.74 Å². The first-order valence-electron chi connectivity index (χ1n) is 11.0. The molecule has 0 bridgehead atoms. The molecule has 0 saturated heterocycles. The Morgan fingerprint density at radius 1 is 1.03 bits per heavy atom. The first-order chi connectivity index (χ1) is 16.0. The highest BCUT2D eigenvalue weighted by Gasteiger charge is 2.18. The molecule has 0 spiro atoms. The SMILES string of the molecule is COc1ccc(-n2c(C)cc(C(=O)COC(=O)CCCc3c[nH]c4ccccc34)c2C)cc1. The third-order valence-corrected chi connectivity index (χ3v) is 5.93. The Bertz CT molecular complexity index is 1280. The number of esters is 1. The fourth-order valence-corrected chi connectivity index (χ4v) is 4.23. The molecule has 0 aliphatic heterocycles. The molecule has 0 aliphatic carbocycles. The van der Waals surface area contributed by atoms with E-state index in [1.807, 2.05) is 73.1 Å². The molecule has 2 heterocycles. The summed E-state index contributed by atoms with van der Waals surface area (Å²) in [7, 11) is 1.63. The molecule has 2 aromatic carbocycles. The summed E-state index contributed by atoms with van der Waals surface area (Å²) in [6.07, 6.45) is 3.70. The van der Waals surface area contributed by atoms with E-state index >= 15 is 0 Å². The summed E-state index contributed by atoms with van der Waals surface area (Å²) in [4.78, 5) is 28.2. The lowest BCUT2D eigenvalue weighted by atomic mass is 10.1. The third-order valence-electron chi connectivity index (χ3n) is 5.93. The number of methoxy groups -OCH3 is 1. The van der Waals surface area contributed by atoms with Crippen molar-refractivity contribution in [1.29, 1.82) is 0 Å². The van der Waals surface area contributed by atoms with Gasteiger partial charge >= 0.3 is 5.97 Å². The van der Waals surface area contributed by atoms with E-state index in [1.54, 1.807) is 7.11 Å². The van der Waals surface area contributed by atoms with Crippen molar-refractivity contribution in [3.05, 3.63) is 83.3 Å². The Morgan fingerprint density at radius 3 is 2.55 bits per heavy atom. The van der Waals surface area contributed by atoms with Gasteiger partial charge in [0.05, 0.1) is 7.11 Å². The standard InChI is InChI=1S/C27H28N2O4/c1-18-15-24(19(2)29(18)21-11-13-22(32-3)14-12-21)26(30)17-33-27(31)10-6-7-20-16-28-25-9-5-4-8-23(20)25/h4-5,8-9,11-16,28H,6-7,10,17H2,1-3H3. The number of hydrogen-bond acceptors (Lipinski definition) is 4. The number of rotatable bonds is 9. The van der Waals surface area contributed by atoms with Gasteiger partial charge in [-0.1, -0.05) is 18.2 Å². The molecule has 4 rings (SSSR count). The quantitative estimate of drug-likeness (QED) is 0.280. The predicted octanol–water partition coefficient (Wildman–Crippen LogP) is 5.33. The number of aromatic amines is 1. The van der Waals surface area contributed by atoms with Crippen molar-refractivity contribution in [3.63, 3.8) is 0 Å². The first-order valence-corrected chi connectivity index (χ1v) is 11.0. The summed E-state index contributed by atoms with van der Waals surface area (Å²) in [5.74, 6) is 0.217. The first kappa shape index (κ1) is 22.4. The van der Waals surface area contributed by atoms with Gasteiger partial charge in [-0.15, -0.1) is 0 Å². The number of carbonyl (C=O) groups excluding carboxylic acids is 2. The average molecular weight is 445 g/mol. The molecule has 0 aliphatic rings. The van der Waals surface area contributed by atoms with Crippen LogP contribution in [0.4, 0.5) is 0 Å². The van der Waals surface area contributed by atoms with E-state index in [0.717, 1.165) is 34.8 Å². The van der Waals surface area contributed by atoms with Crippen LogP contribution >= 0.6 is 0 Å². The fraction of sp³-hybridized carbons (Fsp3) is 0.259. The molecule has 170 valence electrons. The molecule has 6 heteroatoms. The van der Waals surface area contributed by atoms with Gasteiger partial charge in [-0.25, -0.2) is 0 Å². The molecule has 6 nitrogen and oxygen atoms in total. The number of ketones is 1. The van der Waals surface area contributed by atoms with Crippen molar-refractivity contribution in [1.82, 2.24) is 9.55 Å². The monoisotopic (exact) mass is 444 g/mol. The van der Waals surface area contributed by atoms with Gasteiger partial charge in [0.15, 0.2) is 6.61 Å². The smallest absolute Gasteiger partial charge is 0.306 e. The third kappa shape index (κ3) is 4.85. The summed E-state index contributed by atoms with van der Waals surface area (Å²) in [5, 5.41) is 1.17. The minimum atomic E-state index is -0.354. The number of aromatic nitrogens is 2. The number of hydrogen-bond donors (Lipinski definition) is 1. The number of benzene rings is 2. The van der Waals surface area contributed by atoms with Gasteiger partial charge in [0.1, 0.15) is 5.75 Å². The van der Waals surface area contributed by atoms with Gasteiger partial charge in [0.2, 0.25) is 5.78 Å². The van der Waals surface area contributed by atoms with Crippen LogP contribution in [0.1, 0.15) is 40.2 Å². The molecule has 1 N–H and O–H groups in total. The van der Waals surface area contributed by atoms with E-state index in [0.29, 0.717) is 12.0 Å². The number of Topliss-reactive ketones (excluding diaryl/α,β-unsaturated/α-hetero) is 1. The second-order valence-corrected chi connectivity index (χ2v) is 8.12. The highest BCUT2D eigenvalue weighted by atomic mass is 16.5. The maximum Gasteiger partial charge on any atom is 0.306 e. The molecular formula is C27H28N2O4. The lowest BCUT2D eigenvalue weighted by Gasteiger charge is -2.11. The van der Waals surface area contributed by atoms with Crippen molar-refractivity contribution >= 4 is 22.7 Å². The van der Waals surface area contributed by atoms with Gasteiger partial charge in [-0.3, -0.25) is 9.59 Å². The van der Waals surface area contributed by atoms with Crippen molar-refractivity contribution in [2.75, 3.05) is 13.7 Å². The zero-order valence-corrected chi connectivity index (χ0v) is 19.2. The van der Waals surface area contributed by atoms with E-state index in [2.05, 4.69) is 11.1 Å². The molecule has 0 atom stereocenters. The molecule has 33 heavy (non-hydrogen) atoms. The van der Waals surface area contributed by atoms with Crippen LogP contribution in [-0.2, 0) is 16.0 Å². The highest BCUT2D eigenvalue weighted by molar-refractivity contribution is 5.99. The largest absolute Gasteiger partial charge is 0.497 e. The van der Waals surface area contributed by atoms with E-state index < -0.39 is 0 Å². The predicted molar refractivity (Wildman–Crippen MR) is 128 cm³/mol. The Morgan fingerprint density at radius 2 is 1.79 bits per heavy atom. The summed E-state index contributed by atoms with van der Waals surface area (Å²) < 4.78 is 12.5. The van der Waals surface area contributed by atoms with Gasteiger partial charge < -0.3 is 19.0 Å². The maximum atomic E-state index is 12.8. The fourth-order valence-electron chi connectivity index (χ4n) is 4.23. The summed E-state index contributed by atoms with van der Waals surface area (Å²) in [5.41, 5.74) is 5.53. The van der Waals surface area contributed by atoms with E-state index in [4.69, 9.17) is 9.47 Å². The molecule has 0 fully saturated rings. The van der Waals surface area contributed by atoms with E-state index in [-0.39, 0.29) is 24.8 Å². The van der Waals surface area contributed by atoms with Crippen LogP contribution in [0.5, 0.6) is 5.75 Å². The lowest BCUT2D eigenvalue weighted by molar-refractivity contribution is -0.142. The molecule has 2 aromatic heterocycles. The van der Waals surface area contributed by atoms with E-state index in [9.17, 15) is 9.59 Å². The molecular weight excluding hydrogens is 416 g/mol. The summed E-state index contributed by atoms with van der Waals surface area (Å²) in [6, 6.07) is 17.6. The Balaban J connectivity index is 1.32. The maximum absolute atomic E-state index is 12.8. The molecule has 0 radical (unpaired) electrons.